The van der Waals surface area contributed by atoms with Crippen LogP contribution in [0.2, 0.25) is 0 Å². The molecule has 0 aliphatic carbocycles. The van der Waals surface area contributed by atoms with Gasteiger partial charge in [-0.1, -0.05) is 44.5 Å². The van der Waals surface area contributed by atoms with Crippen molar-refractivity contribution >= 4 is 17.2 Å². The molecule has 2 aromatic carbocycles. The second-order valence-corrected chi connectivity index (χ2v) is 11.0. The molecule has 2 unspecified atom stereocenters. The third kappa shape index (κ3) is 9.58. The number of amides is 1. The van der Waals surface area contributed by atoms with Gasteiger partial charge in [0.05, 0.1) is 17.0 Å². The van der Waals surface area contributed by atoms with Gasteiger partial charge in [0.2, 0.25) is 0 Å². The first kappa shape index (κ1) is 29.9. The molecule has 1 heterocycles. The van der Waals surface area contributed by atoms with Crippen molar-refractivity contribution in [1.82, 2.24) is 15.5 Å². The Labute approximate surface area is 228 Å². The lowest BCUT2D eigenvalue weighted by atomic mass is 10.0. The fourth-order valence-electron chi connectivity index (χ4n) is 4.33. The Kier molecular flexibility index (Phi) is 11.9. The molecule has 206 valence electrons. The van der Waals surface area contributed by atoms with Crippen LogP contribution in [0.5, 0.6) is 0 Å². The molecule has 0 aliphatic heterocycles. The maximum absolute atomic E-state index is 13.8. The summed E-state index contributed by atoms with van der Waals surface area (Å²) >= 11 is 1.42. The lowest BCUT2D eigenvalue weighted by Crippen LogP contribution is -2.48. The first-order valence-corrected chi connectivity index (χ1v) is 14.1. The van der Waals surface area contributed by atoms with Crippen LogP contribution in [-0.2, 0) is 25.9 Å². The first-order chi connectivity index (χ1) is 18.3. The second-order valence-electron chi connectivity index (χ2n) is 9.79. The van der Waals surface area contributed by atoms with Crippen molar-refractivity contribution < 1.29 is 18.7 Å². The molecule has 0 aliphatic rings. The molecule has 8 heteroatoms. The average molecular weight is 544 g/mol. The summed E-state index contributed by atoms with van der Waals surface area (Å²) in [6.07, 6.45) is 2.30. The van der Waals surface area contributed by atoms with Crippen molar-refractivity contribution in [3.05, 3.63) is 92.7 Å². The van der Waals surface area contributed by atoms with Crippen LogP contribution >= 0.6 is 11.3 Å². The lowest BCUT2D eigenvalue weighted by molar-refractivity contribution is 0.0833. The number of halogens is 2. The van der Waals surface area contributed by atoms with Gasteiger partial charge in [-0.05, 0) is 73.8 Å². The van der Waals surface area contributed by atoms with E-state index in [1.807, 2.05) is 18.2 Å². The van der Waals surface area contributed by atoms with E-state index in [2.05, 4.69) is 48.6 Å². The van der Waals surface area contributed by atoms with Crippen molar-refractivity contribution in [2.24, 2.45) is 0 Å². The van der Waals surface area contributed by atoms with Crippen LogP contribution in [-0.4, -0.2) is 48.2 Å². The van der Waals surface area contributed by atoms with Gasteiger partial charge in [-0.2, -0.15) is 0 Å². The molecule has 0 bridgehead atoms. The highest BCUT2D eigenvalue weighted by Crippen LogP contribution is 2.19. The van der Waals surface area contributed by atoms with E-state index < -0.39 is 23.8 Å². The molecule has 3 rings (SSSR count). The topological polar surface area (TPSA) is 64.6 Å². The summed E-state index contributed by atoms with van der Waals surface area (Å²) in [6, 6.07) is 14.5. The molecule has 38 heavy (non-hydrogen) atoms. The minimum Gasteiger partial charge on any atom is -0.390 e. The smallest absolute Gasteiger partial charge is 0.261 e. The molecule has 2 atom stereocenters. The minimum absolute atomic E-state index is 0.0899. The van der Waals surface area contributed by atoms with Gasteiger partial charge in [0.25, 0.3) is 5.91 Å². The van der Waals surface area contributed by atoms with E-state index in [0.717, 1.165) is 48.9 Å². The number of nitrogens with one attached hydrogen (secondary N) is 2. The van der Waals surface area contributed by atoms with Crippen molar-refractivity contribution in [2.75, 3.05) is 20.1 Å². The number of thiophene rings is 1. The van der Waals surface area contributed by atoms with Crippen LogP contribution in [0.3, 0.4) is 0 Å². The number of hydrogen-bond acceptors (Lipinski definition) is 5. The molecule has 0 radical (unpaired) electrons. The summed E-state index contributed by atoms with van der Waals surface area (Å²) in [5.74, 6) is -1.69. The minimum atomic E-state index is -0.973. The number of nitrogens with zero attached hydrogens (tertiary/aromatic N) is 1. The van der Waals surface area contributed by atoms with E-state index in [4.69, 9.17) is 0 Å². The lowest BCUT2D eigenvalue weighted by Gasteiger charge is -2.25. The molecule has 1 amide bonds. The van der Waals surface area contributed by atoms with Gasteiger partial charge < -0.3 is 20.6 Å². The fraction of sp³-hybridized carbons (Fsp3) is 0.433. The first-order valence-electron chi connectivity index (χ1n) is 13.3. The summed E-state index contributed by atoms with van der Waals surface area (Å²) in [4.78, 5) is 17.0. The third-order valence-electron chi connectivity index (χ3n) is 6.45. The predicted octanol–water partition coefficient (Wildman–Crippen LogP) is 5.31. The summed E-state index contributed by atoms with van der Waals surface area (Å²) in [5, 5.41) is 17.2. The monoisotopic (exact) mass is 543 g/mol. The maximum Gasteiger partial charge on any atom is 0.261 e. The maximum atomic E-state index is 13.8. The highest BCUT2D eigenvalue weighted by atomic mass is 32.1. The predicted molar refractivity (Wildman–Crippen MR) is 150 cm³/mol. The molecular weight excluding hydrogens is 504 g/mol. The molecule has 1 aromatic heterocycles. The molecule has 0 saturated carbocycles. The number of carbonyl (C=O) groups excluding carboxylic acids is 1. The van der Waals surface area contributed by atoms with Gasteiger partial charge in [0, 0.05) is 30.6 Å². The van der Waals surface area contributed by atoms with Gasteiger partial charge in [-0.25, -0.2) is 8.78 Å². The van der Waals surface area contributed by atoms with Crippen LogP contribution in [0.15, 0.2) is 54.6 Å². The van der Waals surface area contributed by atoms with Crippen LogP contribution in [0.25, 0.3) is 0 Å². The molecule has 0 saturated heterocycles. The zero-order chi connectivity index (χ0) is 27.5. The van der Waals surface area contributed by atoms with E-state index in [9.17, 15) is 18.7 Å². The number of aryl methyl sites for hydroxylation is 1. The molecule has 0 fully saturated rings. The Morgan fingerprint density at radius 2 is 1.76 bits per heavy atom. The molecule has 5 nitrogen and oxygen atoms in total. The van der Waals surface area contributed by atoms with Gasteiger partial charge in [-0.15, -0.1) is 11.3 Å². The SMILES string of the molecule is CCCCN(C)Cc1ccc(C(=O)NC(Cc2cc(F)cc(F)c2)C(O)CNCc2cccc(CC)c2)s1. The Hall–Kier alpha value is -2.65. The number of hydrogen-bond donors (Lipinski definition) is 3. The zero-order valence-corrected chi connectivity index (χ0v) is 23.3. The Balaban J connectivity index is 1.67. The fourth-order valence-corrected chi connectivity index (χ4v) is 5.32. The summed E-state index contributed by atoms with van der Waals surface area (Å²) in [6.45, 7) is 6.76. The highest BCUT2D eigenvalue weighted by molar-refractivity contribution is 7.14. The van der Waals surface area contributed by atoms with Crippen molar-refractivity contribution in [3.8, 4) is 0 Å². The van der Waals surface area contributed by atoms with Crippen LogP contribution in [0.4, 0.5) is 8.78 Å². The normalized spacial score (nSPS) is 13.0. The average Bonchev–Trinajstić information content (AvgIpc) is 3.35. The zero-order valence-electron chi connectivity index (χ0n) is 22.5. The molecule has 3 N–H and O–H groups in total. The number of unbranched alkanes of at least 4 members (excludes halogenated alkanes) is 1. The van der Waals surface area contributed by atoms with E-state index in [1.54, 1.807) is 6.07 Å². The van der Waals surface area contributed by atoms with E-state index in [0.29, 0.717) is 17.0 Å². The number of carbonyl (C=O) groups is 1. The second kappa shape index (κ2) is 15.1. The summed E-state index contributed by atoms with van der Waals surface area (Å²) < 4.78 is 27.7. The molecule has 0 spiro atoms. The van der Waals surface area contributed by atoms with Crippen LogP contribution in [0.1, 0.15) is 57.9 Å². The van der Waals surface area contributed by atoms with Gasteiger partial charge in [0.1, 0.15) is 11.6 Å². The number of aliphatic hydroxyl groups excluding tert-OH is 1. The Morgan fingerprint density at radius 1 is 1.03 bits per heavy atom. The van der Waals surface area contributed by atoms with Gasteiger partial charge >= 0.3 is 0 Å². The van der Waals surface area contributed by atoms with Gasteiger partial charge in [0.15, 0.2) is 0 Å². The number of aliphatic hydroxyl groups is 1. The Morgan fingerprint density at radius 3 is 2.47 bits per heavy atom. The van der Waals surface area contributed by atoms with Crippen molar-refractivity contribution in [1.29, 1.82) is 0 Å². The van der Waals surface area contributed by atoms with Crippen molar-refractivity contribution in [3.63, 3.8) is 0 Å². The molecule has 3 aromatic rings. The number of rotatable bonds is 15. The molecular formula is C30H39F2N3O2S. The standard InChI is InChI=1S/C30H39F2N3O2S/c1-4-6-12-35(3)20-26-10-11-29(38-26)30(37)34-27(16-23-14-24(31)17-25(32)15-23)28(36)19-33-18-22-9-7-8-21(5-2)13-22/h7-11,13-15,17,27-28,33,36H,4-6,12,16,18-20H2,1-3H3,(H,34,37). The Bertz CT molecular complexity index is 1150. The van der Waals surface area contributed by atoms with Crippen LogP contribution in [0, 0.1) is 11.6 Å². The van der Waals surface area contributed by atoms with E-state index in [1.165, 1.54) is 29.0 Å². The van der Waals surface area contributed by atoms with Crippen LogP contribution < -0.4 is 10.6 Å². The summed E-state index contributed by atoms with van der Waals surface area (Å²) in [7, 11) is 2.06. The van der Waals surface area contributed by atoms with E-state index in [-0.39, 0.29) is 18.9 Å². The van der Waals surface area contributed by atoms with E-state index >= 15 is 0 Å². The number of benzene rings is 2. The summed E-state index contributed by atoms with van der Waals surface area (Å²) in [5.41, 5.74) is 2.70. The van der Waals surface area contributed by atoms with Gasteiger partial charge in [-0.3, -0.25) is 4.79 Å². The van der Waals surface area contributed by atoms with Crippen molar-refractivity contribution in [2.45, 2.75) is 64.8 Å². The largest absolute Gasteiger partial charge is 0.390 e. The quantitative estimate of drug-likeness (QED) is 0.243. The third-order valence-corrected chi connectivity index (χ3v) is 7.51. The highest BCUT2D eigenvalue weighted by Gasteiger charge is 2.24.